The highest BCUT2D eigenvalue weighted by atomic mass is 16.6. The fourth-order valence-corrected chi connectivity index (χ4v) is 2.97. The van der Waals surface area contributed by atoms with Gasteiger partial charge in [-0.1, -0.05) is 20.8 Å². The van der Waals surface area contributed by atoms with Crippen molar-refractivity contribution in [2.24, 2.45) is 5.41 Å². The summed E-state index contributed by atoms with van der Waals surface area (Å²) in [6.07, 6.45) is -0.791. The van der Waals surface area contributed by atoms with E-state index >= 15 is 0 Å². The first-order chi connectivity index (χ1) is 11.1. The number of Topliss-reactive ketones (excluding diaryl/α,β-unsaturated/α-hetero) is 1. The van der Waals surface area contributed by atoms with Crippen LogP contribution in [-0.4, -0.2) is 66.4 Å². The molecule has 2 rings (SSSR count). The first kappa shape index (κ1) is 18.4. The number of aliphatic hydroxyl groups is 1. The Kier molecular flexibility index (Phi) is 4.74. The van der Waals surface area contributed by atoms with Gasteiger partial charge in [-0.05, 0) is 6.92 Å². The zero-order valence-electron chi connectivity index (χ0n) is 14.5. The highest BCUT2D eigenvalue weighted by molar-refractivity contribution is 6.35. The molecule has 134 valence electrons. The molecule has 0 aliphatic carbocycles. The van der Waals surface area contributed by atoms with Crippen LogP contribution in [-0.2, 0) is 28.6 Å². The number of esters is 1. The van der Waals surface area contributed by atoms with Crippen LogP contribution in [0.5, 0.6) is 0 Å². The summed E-state index contributed by atoms with van der Waals surface area (Å²) in [6.45, 7) is 6.53. The molecule has 8 heteroatoms. The molecule has 1 N–H and O–H groups in total. The molecule has 2 saturated heterocycles. The molecule has 0 spiro atoms. The summed E-state index contributed by atoms with van der Waals surface area (Å²) in [5.74, 6) is -2.81. The molecular weight excluding hydrogens is 318 g/mol. The molecule has 24 heavy (non-hydrogen) atoms. The van der Waals surface area contributed by atoms with Crippen molar-refractivity contribution in [3.05, 3.63) is 11.3 Å². The first-order valence-corrected chi connectivity index (χ1v) is 7.65. The lowest BCUT2D eigenvalue weighted by atomic mass is 9.91. The zero-order valence-corrected chi connectivity index (χ0v) is 14.5. The minimum atomic E-state index is -1.89. The normalized spacial score (nSPS) is 29.0. The van der Waals surface area contributed by atoms with Gasteiger partial charge < -0.3 is 19.3 Å². The van der Waals surface area contributed by atoms with E-state index < -0.39 is 46.2 Å². The van der Waals surface area contributed by atoms with Crippen molar-refractivity contribution < 1.29 is 33.7 Å². The number of allylic oxidation sites excluding steroid dienone is 1. The minimum absolute atomic E-state index is 0.0519. The number of hydrogen-bond acceptors (Lipinski definition) is 7. The number of amides is 1. The van der Waals surface area contributed by atoms with Crippen molar-refractivity contribution in [3.63, 3.8) is 0 Å². The number of aliphatic hydroxyl groups excluding tert-OH is 1. The Hall–Kier alpha value is -1.93. The van der Waals surface area contributed by atoms with Crippen LogP contribution in [0.4, 0.5) is 0 Å². The minimum Gasteiger partial charge on any atom is -0.512 e. The number of carbonyl (C=O) groups excluding carboxylic acids is 3. The second-order valence-electron chi connectivity index (χ2n) is 6.98. The second-order valence-corrected chi connectivity index (χ2v) is 6.98. The smallest absolute Gasteiger partial charge is 0.343 e. The third kappa shape index (κ3) is 2.59. The van der Waals surface area contributed by atoms with Crippen LogP contribution in [0.3, 0.4) is 0 Å². The number of ether oxygens (including phenoxy) is 3. The zero-order chi connectivity index (χ0) is 18.3. The molecule has 8 nitrogen and oxygen atoms in total. The molecule has 1 amide bonds. The van der Waals surface area contributed by atoms with E-state index in [1.807, 2.05) is 20.8 Å². The molecule has 0 aromatic heterocycles. The maximum absolute atomic E-state index is 12.8. The molecule has 0 saturated carbocycles. The van der Waals surface area contributed by atoms with Gasteiger partial charge in [0, 0.05) is 12.5 Å². The van der Waals surface area contributed by atoms with Crippen molar-refractivity contribution in [2.45, 2.75) is 39.5 Å². The average Bonchev–Trinajstić information content (AvgIpc) is 2.96. The Labute approximate surface area is 140 Å². The summed E-state index contributed by atoms with van der Waals surface area (Å²) in [5, 5.41) is 9.75. The summed E-state index contributed by atoms with van der Waals surface area (Å²) in [6, 6.07) is 0. The number of nitrogens with zero attached hydrogens (tertiary/aromatic N) is 1. The number of rotatable bonds is 4. The summed E-state index contributed by atoms with van der Waals surface area (Å²) in [5.41, 5.74) is -2.82. The largest absolute Gasteiger partial charge is 0.512 e. The molecule has 0 radical (unpaired) electrons. The summed E-state index contributed by atoms with van der Waals surface area (Å²) < 4.78 is 15.6. The van der Waals surface area contributed by atoms with Gasteiger partial charge in [-0.25, -0.2) is 4.79 Å². The highest BCUT2D eigenvalue weighted by Crippen LogP contribution is 2.45. The molecule has 2 aliphatic heterocycles. The van der Waals surface area contributed by atoms with Gasteiger partial charge in [0.25, 0.3) is 5.91 Å². The van der Waals surface area contributed by atoms with E-state index in [0.29, 0.717) is 0 Å². The lowest BCUT2D eigenvalue weighted by molar-refractivity contribution is -0.163. The SMILES string of the molecule is COCCOC(=O)[C@]12CO[C@H](C(C)(C)C)N1C(=O)/C(=C(/C)O)C2=O. The number of hydrogen-bond donors (Lipinski definition) is 1. The fourth-order valence-electron chi connectivity index (χ4n) is 2.97. The van der Waals surface area contributed by atoms with Gasteiger partial charge in [0.2, 0.25) is 11.3 Å². The van der Waals surface area contributed by atoms with Crippen LogP contribution in [0.1, 0.15) is 27.7 Å². The van der Waals surface area contributed by atoms with Gasteiger partial charge in [0.05, 0.1) is 13.2 Å². The Morgan fingerprint density at radius 3 is 2.50 bits per heavy atom. The Morgan fingerprint density at radius 1 is 1.38 bits per heavy atom. The summed E-state index contributed by atoms with van der Waals surface area (Å²) >= 11 is 0. The topological polar surface area (TPSA) is 102 Å². The van der Waals surface area contributed by atoms with Gasteiger partial charge >= 0.3 is 5.97 Å². The van der Waals surface area contributed by atoms with Crippen LogP contribution in [0, 0.1) is 5.41 Å². The van der Waals surface area contributed by atoms with Gasteiger partial charge in [0.15, 0.2) is 0 Å². The molecule has 2 fully saturated rings. The fraction of sp³-hybridized carbons (Fsp3) is 0.688. The predicted molar refractivity (Wildman–Crippen MR) is 81.9 cm³/mol. The van der Waals surface area contributed by atoms with Gasteiger partial charge in [-0.3, -0.25) is 14.5 Å². The van der Waals surface area contributed by atoms with E-state index in [9.17, 15) is 19.5 Å². The van der Waals surface area contributed by atoms with Gasteiger partial charge in [0.1, 0.15) is 24.2 Å². The van der Waals surface area contributed by atoms with Crippen LogP contribution in [0.2, 0.25) is 0 Å². The van der Waals surface area contributed by atoms with Crippen LogP contribution in [0.25, 0.3) is 0 Å². The second kappa shape index (κ2) is 6.18. The van der Waals surface area contributed by atoms with E-state index in [1.54, 1.807) is 0 Å². The quantitative estimate of drug-likeness (QED) is 0.199. The van der Waals surface area contributed by atoms with Gasteiger partial charge in [-0.15, -0.1) is 0 Å². The van der Waals surface area contributed by atoms with E-state index in [-0.39, 0.29) is 19.8 Å². The van der Waals surface area contributed by atoms with Crippen molar-refractivity contribution in [2.75, 3.05) is 26.9 Å². The number of methoxy groups -OCH3 is 1. The Morgan fingerprint density at radius 2 is 2.00 bits per heavy atom. The standard InChI is InChI=1S/C16H23NO7/c1-9(18)10-11(19)16(14(21)23-7-6-22-5)8-24-13(15(2,3)4)17(16)12(10)20/h13,18H,6-8H2,1-5H3/b10-9-/t13-,16-/m1/s1. The van der Waals surface area contributed by atoms with Crippen LogP contribution >= 0.6 is 0 Å². The number of carbonyl (C=O) groups is 3. The first-order valence-electron chi connectivity index (χ1n) is 7.65. The van der Waals surface area contributed by atoms with Crippen LogP contribution in [0.15, 0.2) is 11.3 Å². The number of fused-ring (bicyclic) bond motifs is 1. The summed E-state index contributed by atoms with van der Waals surface area (Å²) in [7, 11) is 1.45. The Bertz CT molecular complexity index is 600. The molecule has 0 bridgehead atoms. The molecule has 0 aromatic carbocycles. The molecule has 0 aromatic rings. The third-order valence-electron chi connectivity index (χ3n) is 4.09. The van der Waals surface area contributed by atoms with Crippen molar-refractivity contribution in [1.82, 2.24) is 4.90 Å². The van der Waals surface area contributed by atoms with Crippen LogP contribution < -0.4 is 0 Å². The molecule has 2 atom stereocenters. The maximum Gasteiger partial charge on any atom is 0.343 e. The predicted octanol–water partition coefficient (Wildman–Crippen LogP) is 0.560. The highest BCUT2D eigenvalue weighted by Gasteiger charge is 2.69. The van der Waals surface area contributed by atoms with E-state index in [4.69, 9.17) is 14.2 Å². The van der Waals surface area contributed by atoms with E-state index in [1.165, 1.54) is 14.0 Å². The van der Waals surface area contributed by atoms with Crippen molar-refractivity contribution in [3.8, 4) is 0 Å². The Balaban J connectivity index is 2.49. The van der Waals surface area contributed by atoms with Crippen molar-refractivity contribution in [1.29, 1.82) is 0 Å². The molecule has 2 heterocycles. The summed E-state index contributed by atoms with van der Waals surface area (Å²) in [4.78, 5) is 39.3. The third-order valence-corrected chi connectivity index (χ3v) is 4.09. The lowest BCUT2D eigenvalue weighted by Gasteiger charge is -2.35. The van der Waals surface area contributed by atoms with Gasteiger partial charge in [-0.2, -0.15) is 0 Å². The monoisotopic (exact) mass is 341 g/mol. The molecule has 2 aliphatic rings. The maximum atomic E-state index is 12.8. The number of ketones is 1. The molecular formula is C16H23NO7. The van der Waals surface area contributed by atoms with Crippen molar-refractivity contribution >= 4 is 17.7 Å². The molecule has 0 unspecified atom stereocenters. The van der Waals surface area contributed by atoms with E-state index in [0.717, 1.165) is 4.90 Å². The lowest BCUT2D eigenvalue weighted by Crippen LogP contribution is -2.58. The van der Waals surface area contributed by atoms with E-state index in [2.05, 4.69) is 0 Å². The average molecular weight is 341 g/mol.